The summed E-state index contributed by atoms with van der Waals surface area (Å²) < 4.78 is 5.49. The summed E-state index contributed by atoms with van der Waals surface area (Å²) in [6.45, 7) is 0.944. The average Bonchev–Trinajstić information content (AvgIpc) is 2.96. The molecular formula is C19H24N2O2. The van der Waals surface area contributed by atoms with Crippen LogP contribution in [0.3, 0.4) is 0 Å². The van der Waals surface area contributed by atoms with E-state index in [1.165, 1.54) is 32.1 Å². The molecule has 0 bridgehead atoms. The molecule has 1 aromatic carbocycles. The van der Waals surface area contributed by atoms with Crippen LogP contribution in [0.15, 0.2) is 24.3 Å². The molecule has 0 N–H and O–H groups in total. The van der Waals surface area contributed by atoms with Crippen LogP contribution in [0.5, 0.6) is 5.75 Å². The highest BCUT2D eigenvalue weighted by Crippen LogP contribution is 2.32. The quantitative estimate of drug-likeness (QED) is 0.838. The molecule has 4 heteroatoms. The molecule has 2 aliphatic rings. The van der Waals surface area contributed by atoms with Crippen molar-refractivity contribution >= 4 is 5.91 Å². The van der Waals surface area contributed by atoms with Crippen molar-refractivity contribution in [2.45, 2.75) is 51.0 Å². The van der Waals surface area contributed by atoms with Crippen molar-refractivity contribution in [1.29, 1.82) is 5.26 Å². The van der Waals surface area contributed by atoms with E-state index in [4.69, 9.17) is 10.00 Å². The summed E-state index contributed by atoms with van der Waals surface area (Å²) in [5.74, 6) is 1.11. The van der Waals surface area contributed by atoms with Gasteiger partial charge in [0.05, 0.1) is 0 Å². The average molecular weight is 312 g/mol. The molecule has 1 aliphatic heterocycles. The number of hydrogen-bond donors (Lipinski definition) is 0. The minimum Gasteiger partial charge on any atom is -0.478 e. The molecule has 0 aromatic heterocycles. The van der Waals surface area contributed by atoms with E-state index in [2.05, 4.69) is 4.90 Å². The van der Waals surface area contributed by atoms with Crippen molar-refractivity contribution in [2.24, 2.45) is 5.92 Å². The highest BCUT2D eigenvalue weighted by Gasteiger charge is 2.36. The van der Waals surface area contributed by atoms with Gasteiger partial charge in [0.15, 0.2) is 6.61 Å². The van der Waals surface area contributed by atoms with Crippen LogP contribution in [0.2, 0.25) is 0 Å². The number of nitrogens with zero attached hydrogens (tertiary/aromatic N) is 2. The highest BCUT2D eigenvalue weighted by molar-refractivity contribution is 5.81. The smallest absolute Gasteiger partial charge is 0.226 e. The first kappa shape index (κ1) is 15.9. The fourth-order valence-electron chi connectivity index (χ4n) is 3.90. The third kappa shape index (κ3) is 3.67. The monoisotopic (exact) mass is 312 g/mol. The van der Waals surface area contributed by atoms with Gasteiger partial charge in [-0.3, -0.25) is 4.79 Å². The van der Waals surface area contributed by atoms with Gasteiger partial charge in [0.1, 0.15) is 11.8 Å². The van der Waals surface area contributed by atoms with E-state index in [1.54, 1.807) is 0 Å². The summed E-state index contributed by atoms with van der Waals surface area (Å²) in [6.07, 6.45) is 7.80. The van der Waals surface area contributed by atoms with E-state index in [0.717, 1.165) is 24.3 Å². The van der Waals surface area contributed by atoms with Gasteiger partial charge in [-0.05, 0) is 37.3 Å². The summed E-state index contributed by atoms with van der Waals surface area (Å²) in [5, 5.41) is 8.69. The molecule has 1 atom stereocenters. The molecule has 0 spiro atoms. The molecule has 23 heavy (non-hydrogen) atoms. The lowest BCUT2D eigenvalue weighted by atomic mass is 9.94. The molecule has 1 heterocycles. The summed E-state index contributed by atoms with van der Waals surface area (Å²) in [5.41, 5.74) is 1.03. The number of amides is 1. The number of benzene rings is 1. The second kappa shape index (κ2) is 7.50. The van der Waals surface area contributed by atoms with Gasteiger partial charge < -0.3 is 9.64 Å². The van der Waals surface area contributed by atoms with E-state index in [0.29, 0.717) is 18.4 Å². The molecule has 1 amide bonds. The first-order valence-electron chi connectivity index (χ1n) is 8.67. The van der Waals surface area contributed by atoms with Gasteiger partial charge >= 0.3 is 0 Å². The van der Waals surface area contributed by atoms with Crippen molar-refractivity contribution < 1.29 is 9.53 Å². The van der Waals surface area contributed by atoms with E-state index in [9.17, 15) is 4.79 Å². The Morgan fingerprint density at radius 3 is 2.74 bits per heavy atom. The Bertz CT molecular complexity index is 587. The van der Waals surface area contributed by atoms with Crippen LogP contribution < -0.4 is 4.74 Å². The first-order chi connectivity index (χ1) is 11.3. The normalized spacial score (nSPS) is 22.1. The Morgan fingerprint density at radius 2 is 1.96 bits per heavy atom. The molecule has 3 rings (SSSR count). The van der Waals surface area contributed by atoms with Gasteiger partial charge in [-0.1, -0.05) is 37.5 Å². The van der Waals surface area contributed by atoms with E-state index in [1.807, 2.05) is 30.3 Å². The molecule has 2 fully saturated rings. The van der Waals surface area contributed by atoms with Crippen LogP contribution in [0.1, 0.15) is 44.1 Å². The maximum atomic E-state index is 12.8. The second-order valence-electron chi connectivity index (χ2n) is 6.57. The minimum absolute atomic E-state index is 0.0455. The van der Waals surface area contributed by atoms with Crippen molar-refractivity contribution in [3.63, 3.8) is 0 Å². The van der Waals surface area contributed by atoms with Gasteiger partial charge in [0.2, 0.25) is 5.91 Å². The molecule has 1 aliphatic carbocycles. The van der Waals surface area contributed by atoms with Gasteiger partial charge in [-0.25, -0.2) is 0 Å². The minimum atomic E-state index is 0.0455. The van der Waals surface area contributed by atoms with Crippen molar-refractivity contribution in [3.8, 4) is 11.8 Å². The topological polar surface area (TPSA) is 53.3 Å². The largest absolute Gasteiger partial charge is 0.478 e. The van der Waals surface area contributed by atoms with Crippen LogP contribution in [-0.4, -0.2) is 30.0 Å². The fourth-order valence-corrected chi connectivity index (χ4v) is 3.90. The zero-order valence-electron chi connectivity index (χ0n) is 13.5. The predicted molar refractivity (Wildman–Crippen MR) is 87.9 cm³/mol. The number of carbonyl (C=O) groups is 1. The van der Waals surface area contributed by atoms with Crippen LogP contribution in [0, 0.1) is 17.2 Å². The Morgan fingerprint density at radius 1 is 1.17 bits per heavy atom. The zero-order valence-corrected chi connectivity index (χ0v) is 13.5. The van der Waals surface area contributed by atoms with Crippen LogP contribution >= 0.6 is 0 Å². The number of para-hydroxylation sites is 1. The van der Waals surface area contributed by atoms with Gasteiger partial charge in [0.25, 0.3) is 0 Å². The van der Waals surface area contributed by atoms with Crippen LogP contribution in [0.25, 0.3) is 0 Å². The zero-order chi connectivity index (χ0) is 16.1. The number of hydrogen-bond acceptors (Lipinski definition) is 3. The SMILES string of the molecule is N#CCOc1ccccc1CC1CCN(C2CCCCC2)C1=O. The molecule has 1 saturated carbocycles. The fraction of sp³-hybridized carbons (Fsp3) is 0.579. The standard InChI is InChI=1S/C19H24N2O2/c20-11-13-23-18-9-5-4-6-15(18)14-16-10-12-21(19(16)22)17-7-2-1-3-8-17/h4-6,9,16-17H,1-3,7-8,10,12-14H2. The number of carbonyl (C=O) groups excluding carboxylic acids is 1. The molecule has 1 unspecified atom stereocenters. The molecule has 1 aromatic rings. The highest BCUT2D eigenvalue weighted by atomic mass is 16.5. The van der Waals surface area contributed by atoms with Gasteiger partial charge in [-0.2, -0.15) is 5.26 Å². The van der Waals surface area contributed by atoms with Gasteiger partial charge in [0, 0.05) is 18.5 Å². The third-order valence-corrected chi connectivity index (χ3v) is 5.10. The predicted octanol–water partition coefficient (Wildman–Crippen LogP) is 3.31. The van der Waals surface area contributed by atoms with Crippen molar-refractivity contribution in [3.05, 3.63) is 29.8 Å². The molecular weight excluding hydrogens is 288 g/mol. The maximum Gasteiger partial charge on any atom is 0.226 e. The Kier molecular flexibility index (Phi) is 5.17. The van der Waals surface area contributed by atoms with Gasteiger partial charge in [-0.15, -0.1) is 0 Å². The number of ether oxygens (including phenoxy) is 1. The molecule has 1 saturated heterocycles. The molecule has 4 nitrogen and oxygen atoms in total. The lowest BCUT2D eigenvalue weighted by Crippen LogP contribution is -2.39. The second-order valence-corrected chi connectivity index (χ2v) is 6.57. The lowest BCUT2D eigenvalue weighted by molar-refractivity contribution is -0.133. The van der Waals surface area contributed by atoms with Crippen LogP contribution in [0.4, 0.5) is 0 Å². The maximum absolute atomic E-state index is 12.8. The Hall–Kier alpha value is -2.02. The Labute approximate surface area is 138 Å². The summed E-state index contributed by atoms with van der Waals surface area (Å²) in [7, 11) is 0. The van der Waals surface area contributed by atoms with E-state index >= 15 is 0 Å². The Balaban J connectivity index is 1.65. The van der Waals surface area contributed by atoms with E-state index in [-0.39, 0.29) is 12.5 Å². The summed E-state index contributed by atoms with van der Waals surface area (Å²) in [6, 6.07) is 10.2. The van der Waals surface area contributed by atoms with Crippen molar-refractivity contribution in [2.75, 3.05) is 13.2 Å². The lowest BCUT2D eigenvalue weighted by Gasteiger charge is -2.31. The summed E-state index contributed by atoms with van der Waals surface area (Å²) >= 11 is 0. The third-order valence-electron chi connectivity index (χ3n) is 5.10. The van der Waals surface area contributed by atoms with Crippen molar-refractivity contribution in [1.82, 2.24) is 4.90 Å². The molecule has 122 valence electrons. The van der Waals surface area contributed by atoms with E-state index < -0.39 is 0 Å². The van der Waals surface area contributed by atoms with Crippen LogP contribution in [-0.2, 0) is 11.2 Å². The number of likely N-dealkylation sites (tertiary alicyclic amines) is 1. The number of rotatable bonds is 5. The summed E-state index contributed by atoms with van der Waals surface area (Å²) in [4.78, 5) is 14.9. The first-order valence-corrected chi connectivity index (χ1v) is 8.67. The molecule has 0 radical (unpaired) electrons. The number of nitriles is 1.